The summed E-state index contributed by atoms with van der Waals surface area (Å²) >= 11 is 0. The number of fused-ring (bicyclic) bond motifs is 1. The molecule has 2 heterocycles. The molecule has 1 aromatic heterocycles. The van der Waals surface area contributed by atoms with Crippen LogP contribution in [0.15, 0.2) is 9.59 Å². The highest BCUT2D eigenvalue weighted by molar-refractivity contribution is 5.67. The van der Waals surface area contributed by atoms with Crippen molar-refractivity contribution in [1.82, 2.24) is 9.13 Å². The Labute approximate surface area is 92.9 Å². The van der Waals surface area contributed by atoms with Gasteiger partial charge in [0, 0.05) is 26.2 Å². The second-order valence-electron chi connectivity index (χ2n) is 4.30. The van der Waals surface area contributed by atoms with Crippen LogP contribution >= 0.6 is 0 Å². The van der Waals surface area contributed by atoms with Gasteiger partial charge >= 0.3 is 5.69 Å². The van der Waals surface area contributed by atoms with Gasteiger partial charge in [0.15, 0.2) is 0 Å². The third-order valence-corrected chi connectivity index (χ3v) is 3.15. The van der Waals surface area contributed by atoms with E-state index in [9.17, 15) is 9.59 Å². The first-order chi connectivity index (χ1) is 7.43. The third kappa shape index (κ3) is 1.33. The number of anilines is 2. The molecule has 2 N–H and O–H groups in total. The molecule has 0 radical (unpaired) electrons. The summed E-state index contributed by atoms with van der Waals surface area (Å²) in [6, 6.07) is 0.322. The lowest BCUT2D eigenvalue weighted by Crippen LogP contribution is -2.47. The summed E-state index contributed by atoms with van der Waals surface area (Å²) < 4.78 is 2.56. The van der Waals surface area contributed by atoms with E-state index in [1.807, 2.05) is 13.8 Å². The van der Waals surface area contributed by atoms with Gasteiger partial charge < -0.3 is 10.6 Å². The molecular weight excluding hydrogens is 208 g/mol. The van der Waals surface area contributed by atoms with Gasteiger partial charge in [-0.1, -0.05) is 0 Å². The minimum Gasteiger partial charge on any atom is -0.373 e. The van der Waals surface area contributed by atoms with E-state index in [1.165, 1.54) is 11.6 Å². The van der Waals surface area contributed by atoms with Crippen LogP contribution in [0.25, 0.3) is 0 Å². The molecule has 0 saturated carbocycles. The molecule has 0 saturated heterocycles. The van der Waals surface area contributed by atoms with Crippen molar-refractivity contribution in [3.63, 3.8) is 0 Å². The van der Waals surface area contributed by atoms with Crippen LogP contribution in [0.5, 0.6) is 0 Å². The van der Waals surface area contributed by atoms with Crippen LogP contribution in [0.1, 0.15) is 13.8 Å². The molecule has 0 amide bonds. The molecule has 0 bridgehead atoms. The summed E-state index contributed by atoms with van der Waals surface area (Å²) in [7, 11) is 3.13. The van der Waals surface area contributed by atoms with E-state index in [1.54, 1.807) is 7.05 Å². The Bertz CT molecular complexity index is 543. The van der Waals surface area contributed by atoms with Crippen molar-refractivity contribution in [2.75, 3.05) is 10.6 Å². The van der Waals surface area contributed by atoms with Crippen LogP contribution in [-0.2, 0) is 14.1 Å². The lowest BCUT2D eigenvalue weighted by molar-refractivity contribution is 0.617. The van der Waals surface area contributed by atoms with Gasteiger partial charge in [0.25, 0.3) is 5.56 Å². The molecule has 6 heteroatoms. The van der Waals surface area contributed by atoms with Crippen molar-refractivity contribution in [3.8, 4) is 0 Å². The summed E-state index contributed by atoms with van der Waals surface area (Å²) in [5, 5.41) is 6.31. The molecule has 2 atom stereocenters. The number of aromatic nitrogens is 2. The zero-order valence-corrected chi connectivity index (χ0v) is 9.87. The summed E-state index contributed by atoms with van der Waals surface area (Å²) in [5.74, 6) is 0.568. The number of hydrogen-bond acceptors (Lipinski definition) is 4. The van der Waals surface area contributed by atoms with E-state index >= 15 is 0 Å². The molecule has 88 valence electrons. The van der Waals surface area contributed by atoms with Gasteiger partial charge in [-0.3, -0.25) is 13.9 Å². The Balaban J connectivity index is 2.74. The number of nitrogens with zero attached hydrogens (tertiary/aromatic N) is 2. The topological polar surface area (TPSA) is 68.1 Å². The summed E-state index contributed by atoms with van der Waals surface area (Å²) in [5.41, 5.74) is -0.139. The molecular formula is C10H16N4O2. The van der Waals surface area contributed by atoms with Crippen molar-refractivity contribution in [1.29, 1.82) is 0 Å². The molecule has 1 aliphatic heterocycles. The predicted octanol–water partition coefficient (Wildman–Crippen LogP) is -0.302. The Kier molecular flexibility index (Phi) is 2.29. The van der Waals surface area contributed by atoms with E-state index in [2.05, 4.69) is 10.6 Å². The Morgan fingerprint density at radius 1 is 1.00 bits per heavy atom. The molecule has 2 unspecified atom stereocenters. The Morgan fingerprint density at radius 2 is 1.56 bits per heavy atom. The van der Waals surface area contributed by atoms with E-state index in [0.29, 0.717) is 11.5 Å². The first kappa shape index (κ1) is 10.8. The molecule has 0 fully saturated rings. The van der Waals surface area contributed by atoms with Gasteiger partial charge in [0.1, 0.15) is 11.5 Å². The number of nitrogens with one attached hydrogen (secondary N) is 2. The van der Waals surface area contributed by atoms with Crippen LogP contribution in [0.2, 0.25) is 0 Å². The van der Waals surface area contributed by atoms with E-state index in [-0.39, 0.29) is 23.3 Å². The molecule has 1 aromatic rings. The standard InChI is InChI=1S/C10H16N4O2/c1-5-6(2)12-8-7(11-5)9(15)14(4)10(16)13(8)3/h5-6,11-12H,1-4H3. The maximum absolute atomic E-state index is 11.9. The normalized spacial score (nSPS) is 23.2. The summed E-state index contributed by atoms with van der Waals surface area (Å²) in [6.45, 7) is 3.99. The molecule has 16 heavy (non-hydrogen) atoms. The van der Waals surface area contributed by atoms with Gasteiger partial charge in [-0.2, -0.15) is 0 Å². The van der Waals surface area contributed by atoms with Crippen LogP contribution in [0.3, 0.4) is 0 Å². The lowest BCUT2D eigenvalue weighted by atomic mass is 10.1. The fourth-order valence-electron chi connectivity index (χ4n) is 1.84. The minimum absolute atomic E-state index is 0.151. The van der Waals surface area contributed by atoms with E-state index in [0.717, 1.165) is 4.57 Å². The number of rotatable bonds is 0. The SMILES string of the molecule is CC1Nc2c(n(C)c(=O)n(C)c2=O)NC1C. The second kappa shape index (κ2) is 3.40. The van der Waals surface area contributed by atoms with Crippen molar-refractivity contribution in [2.24, 2.45) is 14.1 Å². The highest BCUT2D eigenvalue weighted by Crippen LogP contribution is 2.22. The average Bonchev–Trinajstić information content (AvgIpc) is 2.26. The molecule has 2 rings (SSSR count). The second-order valence-corrected chi connectivity index (χ2v) is 4.30. The Hall–Kier alpha value is -1.72. The van der Waals surface area contributed by atoms with Crippen molar-refractivity contribution in [3.05, 3.63) is 20.8 Å². The lowest BCUT2D eigenvalue weighted by Gasteiger charge is -2.32. The first-order valence-electron chi connectivity index (χ1n) is 5.26. The Morgan fingerprint density at radius 3 is 2.19 bits per heavy atom. The van der Waals surface area contributed by atoms with E-state index in [4.69, 9.17) is 0 Å². The molecule has 1 aliphatic rings. The molecule has 6 nitrogen and oxygen atoms in total. The first-order valence-corrected chi connectivity index (χ1v) is 5.26. The van der Waals surface area contributed by atoms with Gasteiger partial charge in [0.05, 0.1) is 0 Å². The number of hydrogen-bond donors (Lipinski definition) is 2. The third-order valence-electron chi connectivity index (χ3n) is 3.15. The van der Waals surface area contributed by atoms with Crippen LogP contribution in [-0.4, -0.2) is 21.2 Å². The zero-order chi connectivity index (χ0) is 12.0. The fourth-order valence-corrected chi connectivity index (χ4v) is 1.84. The van der Waals surface area contributed by atoms with E-state index < -0.39 is 0 Å². The quantitative estimate of drug-likeness (QED) is 0.635. The van der Waals surface area contributed by atoms with Crippen molar-refractivity contribution in [2.45, 2.75) is 25.9 Å². The maximum atomic E-state index is 11.9. The monoisotopic (exact) mass is 224 g/mol. The summed E-state index contributed by atoms with van der Waals surface area (Å²) in [6.07, 6.45) is 0. The highest BCUT2D eigenvalue weighted by Gasteiger charge is 2.25. The predicted molar refractivity (Wildman–Crippen MR) is 63.1 cm³/mol. The smallest absolute Gasteiger partial charge is 0.332 e. The largest absolute Gasteiger partial charge is 0.373 e. The van der Waals surface area contributed by atoms with Crippen molar-refractivity contribution >= 4 is 11.5 Å². The average molecular weight is 224 g/mol. The maximum Gasteiger partial charge on any atom is 0.332 e. The zero-order valence-electron chi connectivity index (χ0n) is 9.87. The molecule has 0 aliphatic carbocycles. The minimum atomic E-state index is -0.320. The molecule has 0 spiro atoms. The van der Waals surface area contributed by atoms with Crippen molar-refractivity contribution < 1.29 is 0 Å². The van der Waals surface area contributed by atoms with Gasteiger partial charge in [-0.25, -0.2) is 4.79 Å². The molecule has 0 aromatic carbocycles. The van der Waals surface area contributed by atoms with Gasteiger partial charge in [0.2, 0.25) is 0 Å². The van der Waals surface area contributed by atoms with Crippen LogP contribution in [0.4, 0.5) is 11.5 Å². The van der Waals surface area contributed by atoms with Crippen LogP contribution < -0.4 is 21.9 Å². The van der Waals surface area contributed by atoms with Crippen LogP contribution in [0, 0.1) is 0 Å². The summed E-state index contributed by atoms with van der Waals surface area (Å²) in [4.78, 5) is 23.6. The fraction of sp³-hybridized carbons (Fsp3) is 0.600. The highest BCUT2D eigenvalue weighted by atomic mass is 16.2. The van der Waals surface area contributed by atoms with Gasteiger partial charge in [-0.15, -0.1) is 0 Å². The van der Waals surface area contributed by atoms with Gasteiger partial charge in [-0.05, 0) is 13.8 Å².